The van der Waals surface area contributed by atoms with Gasteiger partial charge >= 0.3 is 0 Å². The highest BCUT2D eigenvalue weighted by Gasteiger charge is 2.21. The zero-order valence-electron chi connectivity index (χ0n) is 12.8. The van der Waals surface area contributed by atoms with Gasteiger partial charge in [-0.2, -0.15) is 0 Å². The summed E-state index contributed by atoms with van der Waals surface area (Å²) in [5.41, 5.74) is 1.06. The highest BCUT2D eigenvalue weighted by molar-refractivity contribution is 6.34. The van der Waals surface area contributed by atoms with Crippen LogP contribution in [0.3, 0.4) is 0 Å². The molecular weight excluding hydrogens is 293 g/mol. The lowest BCUT2D eigenvalue weighted by atomic mass is 9.92. The first-order valence-corrected chi connectivity index (χ1v) is 8.15. The summed E-state index contributed by atoms with van der Waals surface area (Å²) in [5.74, 6) is 1.15. The molecule has 0 aromatic heterocycles. The van der Waals surface area contributed by atoms with Crippen molar-refractivity contribution in [3.8, 4) is 5.75 Å². The van der Waals surface area contributed by atoms with Crippen LogP contribution in [0.15, 0.2) is 12.1 Å². The molecule has 0 amide bonds. The number of nitrogens with one attached hydrogen (secondary N) is 1. The van der Waals surface area contributed by atoms with Gasteiger partial charge in [0, 0.05) is 17.1 Å². The van der Waals surface area contributed by atoms with Crippen LogP contribution in [0.1, 0.15) is 52.1 Å². The van der Waals surface area contributed by atoms with Gasteiger partial charge in [-0.15, -0.1) is 0 Å². The third kappa shape index (κ3) is 4.54. The van der Waals surface area contributed by atoms with Crippen molar-refractivity contribution in [2.45, 2.75) is 46.6 Å². The maximum Gasteiger partial charge on any atom is 0.139 e. The van der Waals surface area contributed by atoms with Crippen molar-refractivity contribution in [3.05, 3.63) is 27.7 Å². The number of rotatable bonds is 8. The van der Waals surface area contributed by atoms with Crippen molar-refractivity contribution in [1.82, 2.24) is 5.32 Å². The maximum atomic E-state index is 6.43. The molecule has 1 aromatic rings. The van der Waals surface area contributed by atoms with E-state index in [1.807, 2.05) is 19.1 Å². The van der Waals surface area contributed by atoms with Gasteiger partial charge in [0.25, 0.3) is 0 Å². The van der Waals surface area contributed by atoms with Crippen LogP contribution in [0.4, 0.5) is 0 Å². The summed E-state index contributed by atoms with van der Waals surface area (Å²) < 4.78 is 5.48. The lowest BCUT2D eigenvalue weighted by molar-refractivity contribution is 0.339. The monoisotopic (exact) mass is 317 g/mol. The predicted molar refractivity (Wildman–Crippen MR) is 88.1 cm³/mol. The minimum absolute atomic E-state index is 0.223. The fourth-order valence-corrected chi connectivity index (χ4v) is 2.70. The van der Waals surface area contributed by atoms with Crippen molar-refractivity contribution >= 4 is 23.2 Å². The van der Waals surface area contributed by atoms with Gasteiger partial charge in [0.05, 0.1) is 11.6 Å². The molecule has 0 spiro atoms. The van der Waals surface area contributed by atoms with Gasteiger partial charge in [0.1, 0.15) is 5.75 Å². The third-order valence-corrected chi connectivity index (χ3v) is 4.14. The van der Waals surface area contributed by atoms with E-state index in [1.165, 1.54) is 0 Å². The van der Waals surface area contributed by atoms with E-state index >= 15 is 0 Å². The summed E-state index contributed by atoms with van der Waals surface area (Å²) >= 11 is 12.7. The molecular formula is C16H25Cl2NO. The Bertz CT molecular complexity index is 423. The fourth-order valence-electron chi connectivity index (χ4n) is 2.20. The zero-order chi connectivity index (χ0) is 15.1. The number of hydrogen-bond donors (Lipinski definition) is 1. The number of ether oxygens (including phenoxy) is 1. The Hall–Kier alpha value is -0.440. The standard InChI is InChI=1S/C16H25Cl2NO/c1-5-8-19-16(11(4)6-2)12-9-14(18)15(20-7-3)10-13(12)17/h9-11,16,19H,5-8H2,1-4H3. The lowest BCUT2D eigenvalue weighted by Crippen LogP contribution is -2.27. The van der Waals surface area contributed by atoms with E-state index in [4.69, 9.17) is 27.9 Å². The molecule has 1 aromatic carbocycles. The van der Waals surface area contributed by atoms with Crippen LogP contribution in [0, 0.1) is 5.92 Å². The van der Waals surface area contributed by atoms with Crippen molar-refractivity contribution < 1.29 is 4.74 Å². The molecule has 1 N–H and O–H groups in total. The van der Waals surface area contributed by atoms with Crippen LogP contribution < -0.4 is 10.1 Å². The molecule has 114 valence electrons. The normalized spacial score (nSPS) is 14.1. The van der Waals surface area contributed by atoms with Gasteiger partial charge in [0.2, 0.25) is 0 Å². The summed E-state index contributed by atoms with van der Waals surface area (Å²) in [4.78, 5) is 0. The van der Waals surface area contributed by atoms with Gasteiger partial charge in [-0.3, -0.25) is 0 Å². The second-order valence-electron chi connectivity index (χ2n) is 5.05. The minimum atomic E-state index is 0.223. The van der Waals surface area contributed by atoms with E-state index in [1.54, 1.807) is 0 Å². The molecule has 2 nitrogen and oxygen atoms in total. The van der Waals surface area contributed by atoms with E-state index in [0.717, 1.165) is 24.9 Å². The molecule has 1 rings (SSSR count). The molecule has 2 unspecified atom stereocenters. The molecule has 0 saturated heterocycles. The maximum absolute atomic E-state index is 6.43. The van der Waals surface area contributed by atoms with Crippen LogP contribution in [-0.4, -0.2) is 13.2 Å². The third-order valence-electron chi connectivity index (χ3n) is 3.51. The molecule has 0 aliphatic carbocycles. The van der Waals surface area contributed by atoms with Crippen molar-refractivity contribution in [1.29, 1.82) is 0 Å². The first kappa shape index (κ1) is 17.6. The molecule has 0 radical (unpaired) electrons. The largest absolute Gasteiger partial charge is 0.492 e. The van der Waals surface area contributed by atoms with Crippen LogP contribution in [0.5, 0.6) is 5.75 Å². The Balaban J connectivity index is 3.09. The summed E-state index contributed by atoms with van der Waals surface area (Å²) in [6.07, 6.45) is 2.18. The second kappa shape index (κ2) is 8.76. The molecule has 0 heterocycles. The lowest BCUT2D eigenvalue weighted by Gasteiger charge is -2.26. The number of benzene rings is 1. The summed E-state index contributed by atoms with van der Waals surface area (Å²) in [7, 11) is 0. The van der Waals surface area contributed by atoms with Crippen LogP contribution in [-0.2, 0) is 0 Å². The fraction of sp³-hybridized carbons (Fsp3) is 0.625. The van der Waals surface area contributed by atoms with Crippen LogP contribution in [0.2, 0.25) is 10.0 Å². The average Bonchev–Trinajstić information content (AvgIpc) is 2.43. The second-order valence-corrected chi connectivity index (χ2v) is 5.87. The Labute approximate surface area is 132 Å². The first-order valence-electron chi connectivity index (χ1n) is 7.40. The Morgan fingerprint density at radius 3 is 2.40 bits per heavy atom. The van der Waals surface area contributed by atoms with Gasteiger partial charge in [-0.05, 0) is 37.4 Å². The summed E-state index contributed by atoms with van der Waals surface area (Å²) in [6, 6.07) is 3.99. The van der Waals surface area contributed by atoms with Crippen molar-refractivity contribution in [2.75, 3.05) is 13.2 Å². The van der Waals surface area contributed by atoms with Crippen molar-refractivity contribution in [3.63, 3.8) is 0 Å². The highest BCUT2D eigenvalue weighted by Crippen LogP contribution is 2.37. The van der Waals surface area contributed by atoms with E-state index in [2.05, 4.69) is 26.1 Å². The smallest absolute Gasteiger partial charge is 0.139 e. The molecule has 0 bridgehead atoms. The van der Waals surface area contributed by atoms with Gasteiger partial charge < -0.3 is 10.1 Å². The number of halogens is 2. The van der Waals surface area contributed by atoms with Gasteiger partial charge in [0.15, 0.2) is 0 Å². The Morgan fingerprint density at radius 1 is 1.15 bits per heavy atom. The average molecular weight is 318 g/mol. The quantitative estimate of drug-likeness (QED) is 0.685. The van der Waals surface area contributed by atoms with Crippen LogP contribution in [0.25, 0.3) is 0 Å². The Kier molecular flexibility index (Phi) is 7.71. The molecule has 0 saturated carbocycles. The highest BCUT2D eigenvalue weighted by atomic mass is 35.5. The number of hydrogen-bond acceptors (Lipinski definition) is 2. The van der Waals surface area contributed by atoms with Crippen LogP contribution >= 0.6 is 23.2 Å². The van der Waals surface area contributed by atoms with E-state index in [9.17, 15) is 0 Å². The molecule has 0 fully saturated rings. The topological polar surface area (TPSA) is 21.3 Å². The summed E-state index contributed by atoms with van der Waals surface area (Å²) in [5, 5.41) is 4.91. The Morgan fingerprint density at radius 2 is 1.85 bits per heavy atom. The van der Waals surface area contributed by atoms with E-state index in [0.29, 0.717) is 28.3 Å². The molecule has 4 heteroatoms. The first-order chi connectivity index (χ1) is 9.54. The summed E-state index contributed by atoms with van der Waals surface area (Å²) in [6.45, 7) is 10.1. The van der Waals surface area contributed by atoms with E-state index in [-0.39, 0.29) is 6.04 Å². The molecule has 0 aliphatic rings. The predicted octanol–water partition coefficient (Wildman–Crippen LogP) is 5.48. The SMILES string of the molecule is CCCNC(c1cc(Cl)c(OCC)cc1Cl)C(C)CC. The zero-order valence-corrected chi connectivity index (χ0v) is 14.3. The van der Waals surface area contributed by atoms with Gasteiger partial charge in [-0.1, -0.05) is 50.4 Å². The minimum Gasteiger partial charge on any atom is -0.492 e. The molecule has 20 heavy (non-hydrogen) atoms. The molecule has 0 aliphatic heterocycles. The molecule has 2 atom stereocenters. The van der Waals surface area contributed by atoms with Gasteiger partial charge in [-0.25, -0.2) is 0 Å². The van der Waals surface area contributed by atoms with Crippen molar-refractivity contribution in [2.24, 2.45) is 5.92 Å². The van der Waals surface area contributed by atoms with E-state index < -0.39 is 0 Å².